The Labute approximate surface area is 93.9 Å². The second-order valence-corrected chi connectivity index (χ2v) is 3.15. The molecule has 1 atom stereocenters. The lowest BCUT2D eigenvalue weighted by molar-refractivity contribution is -0.152. The summed E-state index contributed by atoms with van der Waals surface area (Å²) in [7, 11) is 0. The molecule has 9 heteroatoms. The van der Waals surface area contributed by atoms with Crippen LogP contribution in [0.4, 0.5) is 17.6 Å². The Morgan fingerprint density at radius 3 is 2.65 bits per heavy atom. The zero-order chi connectivity index (χ0) is 13.1. The van der Waals surface area contributed by atoms with Gasteiger partial charge in [-0.05, 0) is 6.92 Å². The highest BCUT2D eigenvalue weighted by molar-refractivity contribution is 4.98. The van der Waals surface area contributed by atoms with Gasteiger partial charge in [-0.3, -0.25) is 0 Å². The minimum atomic E-state index is -4.48. The molecule has 1 rings (SSSR count). The van der Waals surface area contributed by atoms with Gasteiger partial charge in [0, 0.05) is 6.61 Å². The average molecular weight is 257 g/mol. The second kappa shape index (κ2) is 5.41. The molecule has 98 valence electrons. The number of alkyl halides is 4. The third kappa shape index (κ3) is 3.13. The minimum Gasteiger partial charge on any atom is -0.380 e. The van der Waals surface area contributed by atoms with Gasteiger partial charge in [-0.1, -0.05) is 5.16 Å². The van der Waals surface area contributed by atoms with E-state index in [1.165, 1.54) is 0 Å². The fourth-order valence-electron chi connectivity index (χ4n) is 0.934. The fourth-order valence-corrected chi connectivity index (χ4v) is 0.934. The molecule has 0 bridgehead atoms. The first-order valence-electron chi connectivity index (χ1n) is 4.73. The van der Waals surface area contributed by atoms with E-state index >= 15 is 0 Å². The van der Waals surface area contributed by atoms with E-state index in [-0.39, 0.29) is 12.4 Å². The maximum Gasteiger partial charge on any atom is 0.383 e. The normalized spacial score (nSPS) is 14.3. The van der Waals surface area contributed by atoms with Crippen LogP contribution in [-0.2, 0) is 10.7 Å². The maximum absolute atomic E-state index is 12.8. The number of hydrogen-bond acceptors (Lipinski definition) is 5. The van der Waals surface area contributed by atoms with Crippen LogP contribution in [0.15, 0.2) is 4.52 Å². The Balaban J connectivity index is 2.77. The summed E-state index contributed by atoms with van der Waals surface area (Å²) in [5.74, 6) is -6.22. The van der Waals surface area contributed by atoms with Crippen molar-refractivity contribution in [3.05, 3.63) is 11.7 Å². The third-order valence-corrected chi connectivity index (χ3v) is 1.83. The molecule has 0 aromatic carbocycles. The summed E-state index contributed by atoms with van der Waals surface area (Å²) in [6.07, 6.45) is -3.92. The van der Waals surface area contributed by atoms with Gasteiger partial charge >= 0.3 is 18.2 Å². The molecule has 0 saturated carbocycles. The summed E-state index contributed by atoms with van der Waals surface area (Å²) in [5, 5.41) is 3.11. The SMILES string of the molecule is CCOCC(N)c1noc(C(F)(F)C(F)F)n1. The molecule has 1 heterocycles. The highest BCUT2D eigenvalue weighted by atomic mass is 19.3. The quantitative estimate of drug-likeness (QED) is 0.781. The molecule has 0 aliphatic heterocycles. The zero-order valence-electron chi connectivity index (χ0n) is 8.87. The van der Waals surface area contributed by atoms with Crippen LogP contribution in [-0.4, -0.2) is 29.8 Å². The van der Waals surface area contributed by atoms with E-state index in [1.807, 2.05) is 0 Å². The van der Waals surface area contributed by atoms with Crippen molar-refractivity contribution in [1.29, 1.82) is 0 Å². The minimum absolute atomic E-state index is 0.0181. The number of halogens is 4. The van der Waals surface area contributed by atoms with Crippen molar-refractivity contribution in [3.63, 3.8) is 0 Å². The first kappa shape index (κ1) is 13.8. The lowest BCUT2D eigenvalue weighted by atomic mass is 10.3. The van der Waals surface area contributed by atoms with Crippen molar-refractivity contribution >= 4 is 0 Å². The monoisotopic (exact) mass is 257 g/mol. The van der Waals surface area contributed by atoms with Crippen LogP contribution >= 0.6 is 0 Å². The summed E-state index contributed by atoms with van der Waals surface area (Å²) in [6.45, 7) is 2.06. The largest absolute Gasteiger partial charge is 0.383 e. The van der Waals surface area contributed by atoms with E-state index in [0.29, 0.717) is 6.61 Å². The molecule has 0 amide bonds. The molecule has 1 aromatic heterocycles. The van der Waals surface area contributed by atoms with Crippen LogP contribution in [0, 0.1) is 0 Å². The Kier molecular flexibility index (Phi) is 4.40. The van der Waals surface area contributed by atoms with Crippen LogP contribution in [0.1, 0.15) is 24.7 Å². The third-order valence-electron chi connectivity index (χ3n) is 1.83. The first-order valence-corrected chi connectivity index (χ1v) is 4.73. The standard InChI is InChI=1S/C8H11F4N3O2/c1-2-16-3-4(13)5-14-7(17-15-5)8(11,12)6(9)10/h4,6H,2-3,13H2,1H3. The molecule has 5 nitrogen and oxygen atoms in total. The maximum atomic E-state index is 12.8. The lowest BCUT2D eigenvalue weighted by Crippen LogP contribution is -2.24. The number of aromatic nitrogens is 2. The van der Waals surface area contributed by atoms with Gasteiger partial charge in [0.2, 0.25) is 0 Å². The molecule has 2 N–H and O–H groups in total. The van der Waals surface area contributed by atoms with E-state index in [4.69, 9.17) is 10.5 Å². The van der Waals surface area contributed by atoms with Crippen LogP contribution < -0.4 is 5.73 Å². The molecule has 0 fully saturated rings. The Morgan fingerprint density at radius 1 is 1.47 bits per heavy atom. The predicted octanol–water partition coefficient (Wildman–Crippen LogP) is 1.46. The van der Waals surface area contributed by atoms with Crippen LogP contribution in [0.5, 0.6) is 0 Å². The molecule has 0 aliphatic rings. The predicted molar refractivity (Wildman–Crippen MR) is 47.6 cm³/mol. The molecular formula is C8H11F4N3O2. The number of ether oxygens (including phenoxy) is 1. The molecule has 1 aromatic rings. The summed E-state index contributed by atoms with van der Waals surface area (Å²) < 4.78 is 58.5. The molecule has 1 unspecified atom stereocenters. The number of hydrogen-bond donors (Lipinski definition) is 1. The topological polar surface area (TPSA) is 74.2 Å². The summed E-state index contributed by atoms with van der Waals surface area (Å²) >= 11 is 0. The van der Waals surface area contributed by atoms with Gasteiger partial charge < -0.3 is 15.0 Å². The van der Waals surface area contributed by atoms with Gasteiger partial charge in [-0.2, -0.15) is 13.8 Å². The Hall–Kier alpha value is -1.22. The van der Waals surface area contributed by atoms with Crippen molar-refractivity contribution < 1.29 is 26.8 Å². The molecular weight excluding hydrogens is 246 g/mol. The second-order valence-electron chi connectivity index (χ2n) is 3.15. The smallest absolute Gasteiger partial charge is 0.380 e. The van der Waals surface area contributed by atoms with Crippen molar-refractivity contribution in [3.8, 4) is 0 Å². The summed E-state index contributed by atoms with van der Waals surface area (Å²) in [5.41, 5.74) is 5.47. The molecule has 0 radical (unpaired) electrons. The van der Waals surface area contributed by atoms with Crippen LogP contribution in [0.25, 0.3) is 0 Å². The van der Waals surface area contributed by atoms with Crippen LogP contribution in [0.2, 0.25) is 0 Å². The molecule has 17 heavy (non-hydrogen) atoms. The van der Waals surface area contributed by atoms with Gasteiger partial charge in [-0.25, -0.2) is 8.78 Å². The van der Waals surface area contributed by atoms with Crippen molar-refractivity contribution in [1.82, 2.24) is 10.1 Å². The van der Waals surface area contributed by atoms with Gasteiger partial charge in [0.05, 0.1) is 12.6 Å². The zero-order valence-corrected chi connectivity index (χ0v) is 8.87. The summed E-state index contributed by atoms with van der Waals surface area (Å²) in [4.78, 5) is 3.14. The van der Waals surface area contributed by atoms with Gasteiger partial charge in [-0.15, -0.1) is 0 Å². The average Bonchev–Trinajstić information content (AvgIpc) is 2.75. The Bertz CT molecular complexity index is 358. The van der Waals surface area contributed by atoms with Gasteiger partial charge in [0.15, 0.2) is 5.82 Å². The molecule has 0 spiro atoms. The van der Waals surface area contributed by atoms with E-state index in [9.17, 15) is 17.6 Å². The summed E-state index contributed by atoms with van der Waals surface area (Å²) in [6, 6.07) is -0.902. The highest BCUT2D eigenvalue weighted by Gasteiger charge is 2.48. The van der Waals surface area contributed by atoms with E-state index < -0.39 is 24.3 Å². The number of nitrogens with two attached hydrogens (primary N) is 1. The van der Waals surface area contributed by atoms with Gasteiger partial charge in [0.25, 0.3) is 0 Å². The van der Waals surface area contributed by atoms with E-state index in [0.717, 1.165) is 0 Å². The van der Waals surface area contributed by atoms with Crippen molar-refractivity contribution in [2.45, 2.75) is 25.3 Å². The van der Waals surface area contributed by atoms with E-state index in [1.54, 1.807) is 6.92 Å². The lowest BCUT2D eigenvalue weighted by Gasteiger charge is -2.09. The van der Waals surface area contributed by atoms with Crippen molar-refractivity contribution in [2.24, 2.45) is 5.73 Å². The van der Waals surface area contributed by atoms with E-state index in [2.05, 4.69) is 14.7 Å². The Morgan fingerprint density at radius 2 is 2.12 bits per heavy atom. The molecule has 0 aliphatic carbocycles. The fraction of sp³-hybridized carbons (Fsp3) is 0.750. The highest BCUT2D eigenvalue weighted by Crippen LogP contribution is 2.33. The van der Waals surface area contributed by atoms with Crippen molar-refractivity contribution in [2.75, 3.05) is 13.2 Å². The first-order chi connectivity index (χ1) is 7.89. The molecule has 0 saturated heterocycles. The number of nitrogens with zero attached hydrogens (tertiary/aromatic N) is 2. The van der Waals surface area contributed by atoms with Crippen LogP contribution in [0.3, 0.4) is 0 Å². The number of rotatable bonds is 6. The van der Waals surface area contributed by atoms with Gasteiger partial charge in [0.1, 0.15) is 0 Å².